The molecule has 3 heterocycles. The Morgan fingerprint density at radius 3 is 2.78 bits per heavy atom. The van der Waals surface area contributed by atoms with Crippen LogP contribution < -0.4 is 20.4 Å². The normalized spacial score (nSPS) is 14.1. The van der Waals surface area contributed by atoms with Gasteiger partial charge in [0.05, 0.1) is 6.33 Å². The molecule has 3 aromatic rings. The van der Waals surface area contributed by atoms with Crippen molar-refractivity contribution in [3.8, 4) is 11.5 Å². The first-order valence-corrected chi connectivity index (χ1v) is 9.88. The van der Waals surface area contributed by atoms with Crippen LogP contribution in [0.3, 0.4) is 0 Å². The average Bonchev–Trinajstić information content (AvgIpc) is 3.30. The molecule has 2 aromatic heterocycles. The zero-order valence-corrected chi connectivity index (χ0v) is 17.4. The third-order valence-electron chi connectivity index (χ3n) is 4.66. The smallest absolute Gasteiger partial charge is 0.349 e. The minimum atomic E-state index is -0.686. The van der Waals surface area contributed by atoms with Crippen molar-refractivity contribution in [2.24, 2.45) is 0 Å². The molecule has 32 heavy (non-hydrogen) atoms. The molecule has 0 fully saturated rings. The van der Waals surface area contributed by atoms with Gasteiger partial charge in [0.2, 0.25) is 0 Å². The molecule has 0 saturated heterocycles. The summed E-state index contributed by atoms with van der Waals surface area (Å²) in [5.74, 6) is 1.12. The first kappa shape index (κ1) is 22.6. The van der Waals surface area contributed by atoms with Gasteiger partial charge in [-0.15, -0.1) is 0 Å². The van der Waals surface area contributed by atoms with E-state index in [1.165, 1.54) is 0 Å². The lowest BCUT2D eigenvalue weighted by molar-refractivity contribution is -0.122. The highest BCUT2D eigenvalue weighted by atomic mass is 16.6. The highest BCUT2D eigenvalue weighted by Gasteiger charge is 2.26. The molecule has 0 radical (unpaired) electrons. The number of aryl methyl sites for hydroxylation is 2. The number of amides is 1. The fraction of sp³-hybridized carbons (Fsp3) is 0.273. The highest BCUT2D eigenvalue weighted by molar-refractivity contribution is 5.95. The number of carbonyl (C=O) groups is 2. The molecule has 1 aliphatic heterocycles. The van der Waals surface area contributed by atoms with E-state index in [0.29, 0.717) is 29.4 Å². The molecule has 4 rings (SSSR count). The van der Waals surface area contributed by atoms with E-state index in [1.54, 1.807) is 31.6 Å². The molecule has 0 aliphatic carbocycles. The third kappa shape index (κ3) is 5.54. The second kappa shape index (κ2) is 10.8. The van der Waals surface area contributed by atoms with Crippen molar-refractivity contribution in [3.05, 3.63) is 76.4 Å². The van der Waals surface area contributed by atoms with Crippen molar-refractivity contribution >= 4 is 12.4 Å². The van der Waals surface area contributed by atoms with Crippen LogP contribution in [-0.4, -0.2) is 40.2 Å². The van der Waals surface area contributed by atoms with Crippen molar-refractivity contribution < 1.29 is 28.6 Å². The van der Waals surface area contributed by atoms with Crippen LogP contribution in [0.15, 0.2) is 58.3 Å². The summed E-state index contributed by atoms with van der Waals surface area (Å²) in [4.78, 5) is 37.3. The van der Waals surface area contributed by atoms with Gasteiger partial charge in [0.25, 0.3) is 12.4 Å². The lowest BCUT2D eigenvalue weighted by atomic mass is 10.1. The van der Waals surface area contributed by atoms with Gasteiger partial charge >= 0.3 is 5.63 Å². The third-order valence-corrected chi connectivity index (χ3v) is 4.66. The van der Waals surface area contributed by atoms with Crippen molar-refractivity contribution in [2.75, 3.05) is 13.2 Å². The van der Waals surface area contributed by atoms with Crippen molar-refractivity contribution in [1.29, 1.82) is 0 Å². The number of hydrogen-bond donors (Lipinski definition) is 2. The highest BCUT2D eigenvalue weighted by Crippen LogP contribution is 2.35. The number of aromatic nitrogens is 2. The summed E-state index contributed by atoms with van der Waals surface area (Å²) in [5, 5.41) is 9.66. The van der Waals surface area contributed by atoms with Crippen LogP contribution in [0, 0.1) is 6.92 Å². The van der Waals surface area contributed by atoms with Crippen LogP contribution in [0.5, 0.6) is 11.5 Å². The summed E-state index contributed by atoms with van der Waals surface area (Å²) in [6.07, 6.45) is 5.44. The molecular weight excluding hydrogens is 418 g/mol. The van der Waals surface area contributed by atoms with E-state index < -0.39 is 17.6 Å². The van der Waals surface area contributed by atoms with E-state index in [2.05, 4.69) is 10.3 Å². The summed E-state index contributed by atoms with van der Waals surface area (Å²) in [5.41, 5.74) is -0.145. The van der Waals surface area contributed by atoms with Crippen molar-refractivity contribution in [3.63, 3.8) is 0 Å². The Balaban J connectivity index is 0.000000913. The number of nitrogens with zero attached hydrogens (tertiary/aromatic N) is 2. The fourth-order valence-corrected chi connectivity index (χ4v) is 3.20. The molecular formula is C22H23N3O7. The van der Waals surface area contributed by atoms with E-state index in [4.69, 9.17) is 23.8 Å². The summed E-state index contributed by atoms with van der Waals surface area (Å²) in [7, 11) is 0. The number of carboxylic acid groups (broad SMARTS) is 1. The number of hydrogen-bond acceptors (Lipinski definition) is 7. The fourth-order valence-electron chi connectivity index (χ4n) is 3.20. The minimum Gasteiger partial charge on any atom is -0.485 e. The number of fused-ring (bicyclic) bond motifs is 1. The molecule has 1 amide bonds. The molecule has 0 spiro atoms. The van der Waals surface area contributed by atoms with Gasteiger partial charge in [0, 0.05) is 25.5 Å². The van der Waals surface area contributed by atoms with E-state index in [0.717, 1.165) is 13.0 Å². The molecule has 10 nitrogen and oxygen atoms in total. The number of benzene rings is 1. The van der Waals surface area contributed by atoms with Gasteiger partial charge in [0.1, 0.15) is 12.2 Å². The zero-order chi connectivity index (χ0) is 22.9. The topological polar surface area (TPSA) is 133 Å². The van der Waals surface area contributed by atoms with Gasteiger partial charge in [-0.3, -0.25) is 9.59 Å². The van der Waals surface area contributed by atoms with Crippen LogP contribution in [0.2, 0.25) is 0 Å². The first-order valence-electron chi connectivity index (χ1n) is 9.88. The number of ether oxygens (including phenoxy) is 2. The van der Waals surface area contributed by atoms with Gasteiger partial charge in [-0.25, -0.2) is 9.78 Å². The maximum Gasteiger partial charge on any atom is 0.349 e. The van der Waals surface area contributed by atoms with Gasteiger partial charge in [-0.1, -0.05) is 12.1 Å². The van der Waals surface area contributed by atoms with Crippen LogP contribution in [0.4, 0.5) is 0 Å². The predicted molar refractivity (Wildman–Crippen MR) is 113 cm³/mol. The largest absolute Gasteiger partial charge is 0.485 e. The summed E-state index contributed by atoms with van der Waals surface area (Å²) >= 11 is 0. The standard InChI is InChI=1S/C21H21N3O5.CH2O2/c1-14-11-17(18-12-27-15-5-2-3-6-16(15)28-18)29-21(26)19(14)20(25)23-7-4-9-24-10-8-22-13-24;2-1-3/h2-3,5-6,8,10-11,13,18H,4,7,9,12H2,1H3,(H,23,25);1H,(H,2,3). The van der Waals surface area contributed by atoms with Crippen molar-refractivity contribution in [2.45, 2.75) is 26.0 Å². The second-order valence-corrected chi connectivity index (χ2v) is 6.87. The first-order chi connectivity index (χ1) is 15.5. The van der Waals surface area contributed by atoms with Gasteiger partial charge in [0.15, 0.2) is 23.4 Å². The van der Waals surface area contributed by atoms with E-state index >= 15 is 0 Å². The monoisotopic (exact) mass is 441 g/mol. The second-order valence-electron chi connectivity index (χ2n) is 6.87. The minimum absolute atomic E-state index is 0.00788. The van der Waals surface area contributed by atoms with E-state index in [-0.39, 0.29) is 18.6 Å². The van der Waals surface area contributed by atoms with Crippen LogP contribution in [-0.2, 0) is 11.3 Å². The molecule has 1 aromatic carbocycles. The van der Waals surface area contributed by atoms with Gasteiger partial charge in [-0.2, -0.15) is 0 Å². The Hall–Kier alpha value is -4.08. The summed E-state index contributed by atoms with van der Waals surface area (Å²) < 4.78 is 18.9. The molecule has 10 heteroatoms. The summed E-state index contributed by atoms with van der Waals surface area (Å²) in [6, 6.07) is 8.96. The van der Waals surface area contributed by atoms with E-state index in [9.17, 15) is 9.59 Å². The van der Waals surface area contributed by atoms with E-state index in [1.807, 2.05) is 29.0 Å². The Morgan fingerprint density at radius 2 is 2.09 bits per heavy atom. The Morgan fingerprint density at radius 1 is 1.34 bits per heavy atom. The van der Waals surface area contributed by atoms with Crippen LogP contribution in [0.1, 0.15) is 34.2 Å². The Labute approximate surface area is 183 Å². The Kier molecular flexibility index (Phi) is 7.63. The van der Waals surface area contributed by atoms with Gasteiger partial charge < -0.3 is 28.9 Å². The lowest BCUT2D eigenvalue weighted by Gasteiger charge is -2.25. The lowest BCUT2D eigenvalue weighted by Crippen LogP contribution is -2.31. The maximum absolute atomic E-state index is 12.5. The van der Waals surface area contributed by atoms with Crippen LogP contribution in [0.25, 0.3) is 0 Å². The molecule has 0 bridgehead atoms. The molecule has 1 unspecified atom stereocenters. The SMILES string of the molecule is Cc1cc(C2COc3ccccc3O2)oc(=O)c1C(=O)NCCCn1ccnc1.O=CO. The number of para-hydroxylation sites is 2. The zero-order valence-electron chi connectivity index (χ0n) is 17.4. The summed E-state index contributed by atoms with van der Waals surface area (Å²) in [6.45, 7) is 2.85. The number of rotatable bonds is 6. The quantitative estimate of drug-likeness (QED) is 0.439. The molecule has 2 N–H and O–H groups in total. The maximum atomic E-state index is 12.5. The molecule has 168 valence electrons. The predicted octanol–water partition coefficient (Wildman–Crippen LogP) is 2.18. The molecule has 1 atom stereocenters. The number of nitrogens with one attached hydrogen (secondary N) is 1. The molecule has 1 aliphatic rings. The molecule has 0 saturated carbocycles. The number of carbonyl (C=O) groups excluding carboxylic acids is 1. The average molecular weight is 441 g/mol. The van der Waals surface area contributed by atoms with Crippen molar-refractivity contribution in [1.82, 2.24) is 14.9 Å². The van der Waals surface area contributed by atoms with Crippen LogP contribution >= 0.6 is 0 Å². The number of imidazole rings is 1. The Bertz CT molecular complexity index is 1110. The van der Waals surface area contributed by atoms with Gasteiger partial charge in [-0.05, 0) is 37.1 Å².